The number of aryl methyl sites for hydroxylation is 1. The van der Waals surface area contributed by atoms with Gasteiger partial charge >= 0.3 is 0 Å². The molecule has 0 saturated heterocycles. The fourth-order valence-corrected chi connectivity index (χ4v) is 2.78. The summed E-state index contributed by atoms with van der Waals surface area (Å²) in [6.45, 7) is -0.00458. The second-order valence-corrected chi connectivity index (χ2v) is 5.08. The second-order valence-electron chi connectivity index (χ2n) is 3.92. The second kappa shape index (κ2) is 4.38. The SMILES string of the molecule is Cn1ncc(I)c1-c1c(F)cc2c(c1C#N)OCO2. The number of fused-ring (bicyclic) bond motifs is 1. The molecule has 0 N–H and O–H groups in total. The molecule has 0 unspecified atom stereocenters. The summed E-state index contributed by atoms with van der Waals surface area (Å²) in [5.41, 5.74) is 0.873. The zero-order valence-corrected chi connectivity index (χ0v) is 11.9. The van der Waals surface area contributed by atoms with E-state index >= 15 is 0 Å². The maximum Gasteiger partial charge on any atom is 0.231 e. The average Bonchev–Trinajstić information content (AvgIpc) is 2.95. The third-order valence-corrected chi connectivity index (χ3v) is 3.65. The quantitative estimate of drug-likeness (QED) is 0.723. The molecule has 0 aliphatic carbocycles. The van der Waals surface area contributed by atoms with Crippen LogP contribution < -0.4 is 9.47 Å². The van der Waals surface area contributed by atoms with Gasteiger partial charge in [0, 0.05) is 13.1 Å². The van der Waals surface area contributed by atoms with Gasteiger partial charge in [-0.3, -0.25) is 4.68 Å². The highest BCUT2D eigenvalue weighted by molar-refractivity contribution is 14.1. The number of hydrogen-bond acceptors (Lipinski definition) is 4. The van der Waals surface area contributed by atoms with Crippen LogP contribution in [0.2, 0.25) is 0 Å². The molecule has 2 aromatic rings. The Kier molecular flexibility index (Phi) is 2.82. The third-order valence-electron chi connectivity index (χ3n) is 2.86. The van der Waals surface area contributed by atoms with Crippen molar-refractivity contribution in [3.05, 3.63) is 27.2 Å². The first-order valence-corrected chi connectivity index (χ1v) is 6.41. The molecule has 0 radical (unpaired) electrons. The molecule has 0 atom stereocenters. The van der Waals surface area contributed by atoms with E-state index in [9.17, 15) is 9.65 Å². The van der Waals surface area contributed by atoms with Crippen LogP contribution in [0.3, 0.4) is 0 Å². The topological polar surface area (TPSA) is 60.1 Å². The summed E-state index contributed by atoms with van der Waals surface area (Å²) in [6.07, 6.45) is 1.61. The highest BCUT2D eigenvalue weighted by atomic mass is 127. The van der Waals surface area contributed by atoms with Crippen molar-refractivity contribution in [2.75, 3.05) is 6.79 Å². The first-order chi connectivity index (χ1) is 9.13. The number of hydrogen-bond donors (Lipinski definition) is 0. The van der Waals surface area contributed by atoms with E-state index in [4.69, 9.17) is 9.47 Å². The Balaban J connectivity index is 2.37. The van der Waals surface area contributed by atoms with E-state index in [1.54, 1.807) is 13.2 Å². The van der Waals surface area contributed by atoms with Gasteiger partial charge in [0.05, 0.1) is 21.0 Å². The number of halogens is 2. The molecule has 1 aliphatic heterocycles. The molecule has 7 heteroatoms. The van der Waals surface area contributed by atoms with E-state index in [1.807, 2.05) is 6.07 Å². The smallest absolute Gasteiger partial charge is 0.231 e. The van der Waals surface area contributed by atoms with Crippen LogP contribution in [0.5, 0.6) is 11.5 Å². The van der Waals surface area contributed by atoms with Crippen molar-refractivity contribution in [1.29, 1.82) is 5.26 Å². The molecule has 1 aromatic heterocycles. The van der Waals surface area contributed by atoms with Crippen molar-refractivity contribution >= 4 is 22.6 Å². The number of nitrogens with zero attached hydrogens (tertiary/aromatic N) is 3. The summed E-state index contributed by atoms with van der Waals surface area (Å²) in [4.78, 5) is 0. The van der Waals surface area contributed by atoms with Crippen molar-refractivity contribution < 1.29 is 13.9 Å². The van der Waals surface area contributed by atoms with Crippen LogP contribution in [0.4, 0.5) is 4.39 Å². The Morgan fingerprint density at radius 3 is 2.95 bits per heavy atom. The highest BCUT2D eigenvalue weighted by Crippen LogP contribution is 2.43. The summed E-state index contributed by atoms with van der Waals surface area (Å²) in [6, 6.07) is 3.23. The molecule has 0 fully saturated rings. The minimum atomic E-state index is -0.526. The lowest BCUT2D eigenvalue weighted by atomic mass is 10.0. The number of aromatic nitrogens is 2. The molecule has 5 nitrogen and oxygen atoms in total. The van der Waals surface area contributed by atoms with Gasteiger partial charge in [-0.2, -0.15) is 10.4 Å². The molecule has 1 aliphatic rings. The van der Waals surface area contributed by atoms with Gasteiger partial charge in [0.25, 0.3) is 0 Å². The van der Waals surface area contributed by atoms with Crippen LogP contribution in [0.15, 0.2) is 12.3 Å². The lowest BCUT2D eigenvalue weighted by Crippen LogP contribution is -2.00. The maximum absolute atomic E-state index is 14.3. The van der Waals surface area contributed by atoms with Crippen molar-refractivity contribution in [3.8, 4) is 28.8 Å². The van der Waals surface area contributed by atoms with E-state index in [0.29, 0.717) is 5.69 Å². The molecule has 0 amide bonds. The Bertz CT molecular complexity index is 701. The molecule has 0 saturated carbocycles. The summed E-state index contributed by atoms with van der Waals surface area (Å²) < 4.78 is 26.9. The van der Waals surface area contributed by atoms with E-state index in [-0.39, 0.29) is 29.4 Å². The molecule has 2 heterocycles. The molecule has 1 aromatic carbocycles. The lowest BCUT2D eigenvalue weighted by Gasteiger charge is -2.09. The van der Waals surface area contributed by atoms with Crippen LogP contribution in [0.1, 0.15) is 5.56 Å². The minimum Gasteiger partial charge on any atom is -0.453 e. The van der Waals surface area contributed by atoms with Crippen LogP contribution in [-0.2, 0) is 7.05 Å². The number of nitriles is 1. The average molecular weight is 371 g/mol. The fourth-order valence-electron chi connectivity index (χ4n) is 2.04. The Morgan fingerprint density at radius 1 is 1.53 bits per heavy atom. The van der Waals surface area contributed by atoms with E-state index in [1.165, 1.54) is 10.7 Å². The normalized spacial score (nSPS) is 12.5. The van der Waals surface area contributed by atoms with Gasteiger partial charge < -0.3 is 9.47 Å². The predicted molar refractivity (Wildman–Crippen MR) is 72.2 cm³/mol. The number of benzene rings is 1. The fraction of sp³-hybridized carbons (Fsp3) is 0.167. The molecular weight excluding hydrogens is 364 g/mol. The Labute approximate surface area is 121 Å². The lowest BCUT2D eigenvalue weighted by molar-refractivity contribution is 0.173. The first kappa shape index (κ1) is 12.2. The van der Waals surface area contributed by atoms with Gasteiger partial charge in [-0.15, -0.1) is 0 Å². The van der Waals surface area contributed by atoms with Crippen LogP contribution in [0.25, 0.3) is 11.3 Å². The standard InChI is InChI=1S/C12H7FIN3O2/c1-17-11(8(14)4-16-17)10-6(3-15)12-9(2-7(10)13)18-5-19-12/h2,4H,5H2,1H3. The van der Waals surface area contributed by atoms with Gasteiger partial charge in [0.1, 0.15) is 17.4 Å². The predicted octanol–water partition coefficient (Wildman–Crippen LogP) is 2.43. The minimum absolute atomic E-state index is 0.00458. The van der Waals surface area contributed by atoms with Crippen molar-refractivity contribution in [1.82, 2.24) is 9.78 Å². The first-order valence-electron chi connectivity index (χ1n) is 5.33. The number of rotatable bonds is 1. The molecule has 3 rings (SSSR count). The molecule has 0 bridgehead atoms. The molecule has 96 valence electrons. The van der Waals surface area contributed by atoms with Crippen LogP contribution >= 0.6 is 22.6 Å². The van der Waals surface area contributed by atoms with Gasteiger partial charge in [-0.1, -0.05) is 0 Å². The number of ether oxygens (including phenoxy) is 2. The van der Waals surface area contributed by atoms with E-state index < -0.39 is 5.82 Å². The maximum atomic E-state index is 14.3. The van der Waals surface area contributed by atoms with Crippen LogP contribution in [0, 0.1) is 20.7 Å². The Morgan fingerprint density at radius 2 is 2.32 bits per heavy atom. The van der Waals surface area contributed by atoms with Gasteiger partial charge in [0.15, 0.2) is 11.5 Å². The Hall–Kier alpha value is -1.82. The van der Waals surface area contributed by atoms with Crippen LogP contribution in [-0.4, -0.2) is 16.6 Å². The summed E-state index contributed by atoms with van der Waals surface area (Å²) in [7, 11) is 1.70. The monoisotopic (exact) mass is 371 g/mol. The summed E-state index contributed by atoms with van der Waals surface area (Å²) in [5.74, 6) is 0.0215. The van der Waals surface area contributed by atoms with Gasteiger partial charge in [-0.25, -0.2) is 4.39 Å². The third kappa shape index (κ3) is 1.74. The highest BCUT2D eigenvalue weighted by Gasteiger charge is 2.27. The van der Waals surface area contributed by atoms with Gasteiger partial charge in [0.2, 0.25) is 6.79 Å². The zero-order chi connectivity index (χ0) is 13.6. The van der Waals surface area contributed by atoms with Crippen molar-refractivity contribution in [2.45, 2.75) is 0 Å². The zero-order valence-electron chi connectivity index (χ0n) is 9.78. The van der Waals surface area contributed by atoms with Crippen molar-refractivity contribution in [2.24, 2.45) is 7.05 Å². The largest absolute Gasteiger partial charge is 0.453 e. The van der Waals surface area contributed by atoms with Gasteiger partial charge in [-0.05, 0) is 22.6 Å². The summed E-state index contributed by atoms with van der Waals surface area (Å²) in [5, 5.41) is 13.4. The molecule has 0 spiro atoms. The molecular formula is C12H7FIN3O2. The van der Waals surface area contributed by atoms with E-state index in [0.717, 1.165) is 3.57 Å². The van der Waals surface area contributed by atoms with E-state index in [2.05, 4.69) is 27.7 Å². The summed E-state index contributed by atoms with van der Waals surface area (Å²) >= 11 is 2.05. The molecule has 19 heavy (non-hydrogen) atoms. The van der Waals surface area contributed by atoms with Crippen molar-refractivity contribution in [3.63, 3.8) is 0 Å².